The molecule has 6 nitrogen and oxygen atoms in total. The van der Waals surface area contributed by atoms with Gasteiger partial charge in [-0.1, -0.05) is 15.9 Å². The molecule has 0 spiro atoms. The van der Waals surface area contributed by atoms with Gasteiger partial charge < -0.3 is 10.2 Å². The van der Waals surface area contributed by atoms with Crippen molar-refractivity contribution in [3.05, 3.63) is 62.4 Å². The van der Waals surface area contributed by atoms with Crippen LogP contribution in [-0.4, -0.2) is 23.9 Å². The lowest BCUT2D eigenvalue weighted by atomic mass is 10.1. The van der Waals surface area contributed by atoms with Crippen LogP contribution in [0.5, 0.6) is 0 Å². The fourth-order valence-electron chi connectivity index (χ4n) is 2.83. The Morgan fingerprint density at radius 2 is 1.92 bits per heavy atom. The van der Waals surface area contributed by atoms with Crippen LogP contribution < -0.4 is 10.2 Å². The number of nitrogens with zero attached hydrogens (tertiary/aromatic N) is 2. The molecule has 1 N–H and O–H groups in total. The molecule has 2 aromatic carbocycles. The quantitative estimate of drug-likeness (QED) is 0.603. The number of hydrogen-bond acceptors (Lipinski definition) is 4. The third-order valence-electron chi connectivity index (χ3n) is 4.06. The van der Waals surface area contributed by atoms with E-state index >= 15 is 0 Å². The van der Waals surface area contributed by atoms with E-state index in [9.17, 15) is 19.3 Å². The van der Waals surface area contributed by atoms with Crippen LogP contribution in [0.15, 0.2) is 40.9 Å². The smallest absolute Gasteiger partial charge is 0.270 e. The number of halogens is 2. The topological polar surface area (TPSA) is 75.5 Å². The van der Waals surface area contributed by atoms with Crippen molar-refractivity contribution in [3.63, 3.8) is 0 Å². The van der Waals surface area contributed by atoms with Crippen LogP contribution in [0.2, 0.25) is 0 Å². The summed E-state index contributed by atoms with van der Waals surface area (Å²) in [6.45, 7) is 1.56. The Morgan fingerprint density at radius 1 is 1.20 bits per heavy atom. The van der Waals surface area contributed by atoms with Gasteiger partial charge in [-0.15, -0.1) is 0 Å². The average molecular weight is 408 g/mol. The third kappa shape index (κ3) is 3.79. The maximum Gasteiger partial charge on any atom is 0.270 e. The van der Waals surface area contributed by atoms with E-state index in [0.29, 0.717) is 10.2 Å². The second-order valence-electron chi connectivity index (χ2n) is 5.73. The minimum Gasteiger partial charge on any atom is -0.371 e. The van der Waals surface area contributed by atoms with Crippen LogP contribution in [-0.2, 0) is 0 Å². The first-order valence-electron chi connectivity index (χ1n) is 7.75. The summed E-state index contributed by atoms with van der Waals surface area (Å²) in [4.78, 5) is 25.2. The summed E-state index contributed by atoms with van der Waals surface area (Å²) in [6.07, 6.45) is 2.00. The fourth-order valence-corrected chi connectivity index (χ4v) is 3.17. The van der Waals surface area contributed by atoms with Gasteiger partial charge >= 0.3 is 0 Å². The lowest BCUT2D eigenvalue weighted by Gasteiger charge is -2.21. The van der Waals surface area contributed by atoms with E-state index in [1.165, 1.54) is 24.3 Å². The minimum absolute atomic E-state index is 0.0204. The summed E-state index contributed by atoms with van der Waals surface area (Å²) < 4.78 is 14.5. The third-order valence-corrected chi connectivity index (χ3v) is 4.55. The zero-order chi connectivity index (χ0) is 18.0. The van der Waals surface area contributed by atoms with Crippen molar-refractivity contribution in [2.75, 3.05) is 23.3 Å². The van der Waals surface area contributed by atoms with E-state index in [1.54, 1.807) is 12.1 Å². The summed E-state index contributed by atoms with van der Waals surface area (Å²) in [5.41, 5.74) is 0.632. The lowest BCUT2D eigenvalue weighted by molar-refractivity contribution is -0.384. The SMILES string of the molecule is O=C(Nc1ccc(Br)cc1F)c1cc([N+](=O)[O-])ccc1N1CCCC1. The van der Waals surface area contributed by atoms with Crippen molar-refractivity contribution >= 4 is 38.9 Å². The van der Waals surface area contributed by atoms with Crippen LogP contribution >= 0.6 is 15.9 Å². The molecule has 25 heavy (non-hydrogen) atoms. The van der Waals surface area contributed by atoms with Gasteiger partial charge in [0.2, 0.25) is 0 Å². The molecule has 1 saturated heterocycles. The highest BCUT2D eigenvalue weighted by molar-refractivity contribution is 9.10. The molecule has 8 heteroatoms. The Balaban J connectivity index is 1.96. The molecule has 2 aromatic rings. The van der Waals surface area contributed by atoms with E-state index in [4.69, 9.17) is 0 Å². The molecule has 0 aliphatic carbocycles. The predicted octanol–water partition coefficient (Wildman–Crippen LogP) is 4.35. The van der Waals surface area contributed by atoms with Crippen LogP contribution in [0.3, 0.4) is 0 Å². The lowest BCUT2D eigenvalue weighted by Crippen LogP contribution is -2.23. The first-order chi connectivity index (χ1) is 12.0. The number of hydrogen-bond donors (Lipinski definition) is 1. The molecule has 1 fully saturated rings. The maximum atomic E-state index is 14.0. The molecule has 1 amide bonds. The summed E-state index contributed by atoms with van der Waals surface area (Å²) in [6, 6.07) is 8.48. The van der Waals surface area contributed by atoms with Gasteiger partial charge in [-0.25, -0.2) is 4.39 Å². The van der Waals surface area contributed by atoms with E-state index < -0.39 is 16.6 Å². The monoisotopic (exact) mass is 407 g/mol. The maximum absolute atomic E-state index is 14.0. The van der Waals surface area contributed by atoms with Gasteiger partial charge in [-0.05, 0) is 37.1 Å². The van der Waals surface area contributed by atoms with Gasteiger partial charge in [-0.3, -0.25) is 14.9 Å². The molecule has 0 radical (unpaired) electrons. The Hall–Kier alpha value is -2.48. The van der Waals surface area contributed by atoms with Gasteiger partial charge in [0.05, 0.1) is 21.9 Å². The Morgan fingerprint density at radius 3 is 2.56 bits per heavy atom. The molecule has 0 atom stereocenters. The van der Waals surface area contributed by atoms with Gasteiger partial charge in [0.15, 0.2) is 0 Å². The zero-order valence-electron chi connectivity index (χ0n) is 13.2. The van der Waals surface area contributed by atoms with Crippen molar-refractivity contribution in [2.24, 2.45) is 0 Å². The minimum atomic E-state index is -0.587. The molecule has 0 bridgehead atoms. The molecule has 0 aromatic heterocycles. The van der Waals surface area contributed by atoms with Crippen molar-refractivity contribution in [1.82, 2.24) is 0 Å². The number of carbonyl (C=O) groups excluding carboxylic acids is 1. The molecular formula is C17H15BrFN3O3. The van der Waals surface area contributed by atoms with E-state index in [-0.39, 0.29) is 16.9 Å². The first-order valence-corrected chi connectivity index (χ1v) is 8.55. The van der Waals surface area contributed by atoms with E-state index in [2.05, 4.69) is 21.2 Å². The molecule has 1 aliphatic heterocycles. The van der Waals surface area contributed by atoms with Gasteiger partial charge in [0.25, 0.3) is 11.6 Å². The molecule has 3 rings (SSSR count). The number of benzene rings is 2. The number of non-ortho nitro benzene ring substituents is 1. The van der Waals surface area contributed by atoms with Gasteiger partial charge in [0.1, 0.15) is 5.82 Å². The standard InChI is InChI=1S/C17H15BrFN3O3/c18-11-3-5-15(14(19)9-11)20-17(23)13-10-12(22(24)25)4-6-16(13)21-7-1-2-8-21/h3-6,9-10H,1-2,7-8H2,(H,20,23). The summed E-state index contributed by atoms with van der Waals surface area (Å²) >= 11 is 3.15. The van der Waals surface area contributed by atoms with Crippen LogP contribution in [0, 0.1) is 15.9 Å². The number of amides is 1. The number of anilines is 2. The van der Waals surface area contributed by atoms with Crippen LogP contribution in [0.4, 0.5) is 21.5 Å². The van der Waals surface area contributed by atoms with Crippen molar-refractivity contribution < 1.29 is 14.1 Å². The zero-order valence-corrected chi connectivity index (χ0v) is 14.8. The largest absolute Gasteiger partial charge is 0.371 e. The van der Waals surface area contributed by atoms with Crippen LogP contribution in [0.1, 0.15) is 23.2 Å². The van der Waals surface area contributed by atoms with Gasteiger partial charge in [-0.2, -0.15) is 0 Å². The first kappa shape index (κ1) is 17.3. The Bertz CT molecular complexity index is 838. The van der Waals surface area contributed by atoms with E-state index in [0.717, 1.165) is 25.9 Å². The molecule has 0 unspecified atom stereocenters. The Labute approximate surface area is 151 Å². The van der Waals surface area contributed by atoms with E-state index in [1.807, 2.05) is 4.90 Å². The van der Waals surface area contributed by atoms with Gasteiger partial charge in [0, 0.05) is 29.7 Å². The number of rotatable bonds is 4. The number of carbonyl (C=O) groups is 1. The highest BCUT2D eigenvalue weighted by Crippen LogP contribution is 2.29. The van der Waals surface area contributed by atoms with Crippen molar-refractivity contribution in [1.29, 1.82) is 0 Å². The van der Waals surface area contributed by atoms with Crippen molar-refractivity contribution in [3.8, 4) is 0 Å². The molecule has 130 valence electrons. The Kier molecular flexibility index (Phi) is 4.98. The fraction of sp³-hybridized carbons (Fsp3) is 0.235. The average Bonchev–Trinajstić information content (AvgIpc) is 3.11. The summed E-state index contributed by atoms with van der Waals surface area (Å²) in [7, 11) is 0. The normalized spacial score (nSPS) is 13.8. The van der Waals surface area contributed by atoms with Crippen LogP contribution in [0.25, 0.3) is 0 Å². The molecular weight excluding hydrogens is 393 g/mol. The summed E-state index contributed by atoms with van der Waals surface area (Å²) in [5.74, 6) is -1.16. The molecule has 1 aliphatic rings. The molecule has 0 saturated carbocycles. The second-order valence-corrected chi connectivity index (χ2v) is 6.65. The second kappa shape index (κ2) is 7.18. The summed E-state index contributed by atoms with van der Waals surface area (Å²) in [5, 5.41) is 13.6. The highest BCUT2D eigenvalue weighted by atomic mass is 79.9. The highest BCUT2D eigenvalue weighted by Gasteiger charge is 2.23. The number of nitro groups is 1. The van der Waals surface area contributed by atoms with Crippen molar-refractivity contribution in [2.45, 2.75) is 12.8 Å². The number of nitro benzene ring substituents is 1. The predicted molar refractivity (Wildman–Crippen MR) is 96.6 cm³/mol. The molecule has 1 heterocycles. The number of nitrogens with one attached hydrogen (secondary N) is 1.